The van der Waals surface area contributed by atoms with Crippen molar-refractivity contribution < 1.29 is 18.0 Å². The number of nitrogens with one attached hydrogen (secondary N) is 1. The Balaban J connectivity index is 1.06. The molecule has 1 saturated carbocycles. The lowest BCUT2D eigenvalue weighted by atomic mass is 9.57. The average Bonchev–Trinajstić information content (AvgIpc) is 3.65. The van der Waals surface area contributed by atoms with Crippen molar-refractivity contribution in [3.63, 3.8) is 0 Å². The maximum Gasteiger partial charge on any atom is 0.416 e. The second-order valence-electron chi connectivity index (χ2n) is 13.6. The van der Waals surface area contributed by atoms with Crippen LogP contribution in [0.15, 0.2) is 60.9 Å². The summed E-state index contributed by atoms with van der Waals surface area (Å²) in [7, 11) is 1.75. The van der Waals surface area contributed by atoms with Gasteiger partial charge in [0.1, 0.15) is 5.82 Å². The van der Waals surface area contributed by atoms with E-state index in [0.717, 1.165) is 76.5 Å². The second kappa shape index (κ2) is 11.5. The lowest BCUT2D eigenvalue weighted by Gasteiger charge is -2.51. The molecule has 1 aliphatic carbocycles. The number of benzene rings is 2. The number of piperidine rings is 1. The molecular weight excluding hydrogens is 563 g/mol. The summed E-state index contributed by atoms with van der Waals surface area (Å²) in [6, 6.07) is 14.6. The first-order valence-corrected chi connectivity index (χ1v) is 16.2. The molecule has 1 aromatic heterocycles. The topological polar surface area (TPSA) is 53.4 Å². The maximum atomic E-state index is 13.0. The smallest absolute Gasteiger partial charge is 0.371 e. The molecule has 234 valence electrons. The highest BCUT2D eigenvalue weighted by atomic mass is 19.4. The van der Waals surface area contributed by atoms with Crippen LogP contribution in [0, 0.1) is 23.7 Å². The molecular formula is C35H42F3N5O. The van der Waals surface area contributed by atoms with Gasteiger partial charge in [-0.3, -0.25) is 4.79 Å². The molecule has 2 aromatic carbocycles. The van der Waals surface area contributed by atoms with Crippen molar-refractivity contribution in [2.24, 2.45) is 23.7 Å². The Morgan fingerprint density at radius 3 is 2.55 bits per heavy atom. The zero-order chi connectivity index (χ0) is 30.5. The van der Waals surface area contributed by atoms with E-state index in [0.29, 0.717) is 30.1 Å². The van der Waals surface area contributed by atoms with Crippen molar-refractivity contribution in [1.29, 1.82) is 0 Å². The Hall–Kier alpha value is -3.33. The van der Waals surface area contributed by atoms with Crippen LogP contribution >= 0.6 is 0 Å². The molecule has 2 saturated heterocycles. The molecule has 9 heteroatoms. The Kier molecular flexibility index (Phi) is 7.71. The van der Waals surface area contributed by atoms with Crippen LogP contribution in [0.2, 0.25) is 0 Å². The molecule has 3 fully saturated rings. The van der Waals surface area contributed by atoms with Crippen LogP contribution in [-0.4, -0.2) is 60.1 Å². The van der Waals surface area contributed by atoms with Crippen molar-refractivity contribution in [2.45, 2.75) is 56.7 Å². The van der Waals surface area contributed by atoms with Gasteiger partial charge < -0.3 is 19.7 Å². The quantitative estimate of drug-likeness (QED) is 0.348. The highest BCUT2D eigenvalue weighted by Gasteiger charge is 2.52. The number of aromatic nitrogens is 2. The van der Waals surface area contributed by atoms with Crippen LogP contribution in [0.5, 0.6) is 0 Å². The summed E-state index contributed by atoms with van der Waals surface area (Å²) in [5, 5.41) is 2.88. The van der Waals surface area contributed by atoms with Crippen LogP contribution in [0.25, 0.3) is 11.4 Å². The fourth-order valence-corrected chi connectivity index (χ4v) is 9.07. The molecule has 1 amide bonds. The Labute approximate surface area is 257 Å². The van der Waals surface area contributed by atoms with Gasteiger partial charge in [-0.05, 0) is 92.4 Å². The molecule has 1 unspecified atom stereocenters. The summed E-state index contributed by atoms with van der Waals surface area (Å²) in [5.74, 6) is 3.01. The maximum absolute atomic E-state index is 13.0. The molecule has 6 nitrogen and oxygen atoms in total. The third-order valence-electron chi connectivity index (χ3n) is 11.2. The average molecular weight is 606 g/mol. The highest BCUT2D eigenvalue weighted by Crippen LogP contribution is 2.55. The van der Waals surface area contributed by atoms with E-state index in [-0.39, 0.29) is 11.3 Å². The lowest BCUT2D eigenvalue weighted by Crippen LogP contribution is -2.54. The SMILES string of the molecule is CNC(=O)C[C@H]1CCC[C@@H]1C1(C2CCN(CC3CN(c4ccc(C(F)(F)F)cc4)C3)CC2)Cn2ccnc2-c2cccc1c2. The second-order valence-corrected chi connectivity index (χ2v) is 13.6. The number of hydrogen-bond donors (Lipinski definition) is 1. The van der Waals surface area contributed by atoms with E-state index in [1.54, 1.807) is 19.2 Å². The molecule has 0 radical (unpaired) electrons. The van der Waals surface area contributed by atoms with Gasteiger partial charge in [0, 0.05) is 74.6 Å². The molecule has 4 heterocycles. The van der Waals surface area contributed by atoms with Crippen LogP contribution in [0.4, 0.5) is 18.9 Å². The largest absolute Gasteiger partial charge is 0.416 e. The van der Waals surface area contributed by atoms with Gasteiger partial charge in [0.2, 0.25) is 5.91 Å². The molecule has 0 spiro atoms. The number of anilines is 1. The lowest BCUT2D eigenvalue weighted by molar-refractivity contribution is -0.137. The minimum atomic E-state index is -4.30. The number of carbonyl (C=O) groups excluding carboxylic acids is 1. The van der Waals surface area contributed by atoms with Crippen LogP contribution in [0.3, 0.4) is 0 Å². The van der Waals surface area contributed by atoms with Crippen molar-refractivity contribution in [3.05, 3.63) is 72.1 Å². The first-order chi connectivity index (χ1) is 21.2. The molecule has 1 N–H and O–H groups in total. The zero-order valence-corrected chi connectivity index (χ0v) is 25.4. The van der Waals surface area contributed by atoms with Crippen molar-refractivity contribution >= 4 is 11.6 Å². The van der Waals surface area contributed by atoms with Gasteiger partial charge in [0.05, 0.1) is 5.56 Å². The predicted molar refractivity (Wildman–Crippen MR) is 165 cm³/mol. The van der Waals surface area contributed by atoms with Gasteiger partial charge >= 0.3 is 6.18 Å². The van der Waals surface area contributed by atoms with Gasteiger partial charge in [0.25, 0.3) is 0 Å². The summed E-state index contributed by atoms with van der Waals surface area (Å²) in [4.78, 5) is 22.2. The van der Waals surface area contributed by atoms with Gasteiger partial charge in [-0.15, -0.1) is 0 Å². The normalized spacial score (nSPS) is 26.2. The standard InChI is InChI=1S/C35H42F3N5O/c1-39-32(44)19-25-4-3-7-31(25)34(23-42-17-14-40-33(42)26-5-2-6-29(34)18-26)27-12-15-41(16-13-27)20-24-21-43(22-24)30-10-8-28(9-11-30)35(36,37)38/h2,5-6,8-11,14,17-18,24-25,27,31H,3-4,7,12-13,15-16,19-23H2,1H3,(H,39,44)/t25-,31+,34?/m1/s1. The third kappa shape index (κ3) is 5.31. The number of rotatable bonds is 7. The molecule has 3 atom stereocenters. The van der Waals surface area contributed by atoms with Gasteiger partial charge in [-0.25, -0.2) is 4.98 Å². The number of fused-ring (bicyclic) bond motifs is 4. The van der Waals surface area contributed by atoms with E-state index in [1.165, 1.54) is 29.7 Å². The predicted octanol–water partition coefficient (Wildman–Crippen LogP) is 6.22. The number of carbonyl (C=O) groups is 1. The molecule has 3 aromatic rings. The number of likely N-dealkylation sites (tertiary alicyclic amines) is 1. The molecule has 2 bridgehead atoms. The van der Waals surface area contributed by atoms with Crippen LogP contribution < -0.4 is 10.2 Å². The van der Waals surface area contributed by atoms with Crippen molar-refractivity contribution in [1.82, 2.24) is 19.8 Å². The molecule has 44 heavy (non-hydrogen) atoms. The number of halogens is 3. The summed E-state index contributed by atoms with van der Waals surface area (Å²) >= 11 is 0. The van der Waals surface area contributed by atoms with Crippen LogP contribution in [0.1, 0.15) is 49.7 Å². The Bertz CT molecular complexity index is 1470. The fourth-order valence-electron chi connectivity index (χ4n) is 9.07. The van der Waals surface area contributed by atoms with Gasteiger partial charge in [0.15, 0.2) is 0 Å². The Morgan fingerprint density at radius 2 is 1.82 bits per heavy atom. The zero-order valence-electron chi connectivity index (χ0n) is 25.4. The van der Waals surface area contributed by atoms with Crippen molar-refractivity contribution in [2.75, 3.05) is 44.7 Å². The summed E-state index contributed by atoms with van der Waals surface area (Å²) < 4.78 is 41.3. The van der Waals surface area contributed by atoms with Crippen LogP contribution in [-0.2, 0) is 22.9 Å². The number of hydrogen-bond acceptors (Lipinski definition) is 4. The number of amides is 1. The number of nitrogens with zero attached hydrogens (tertiary/aromatic N) is 4. The molecule has 7 rings (SSSR count). The van der Waals surface area contributed by atoms with Gasteiger partial charge in [-0.2, -0.15) is 13.2 Å². The first kappa shape index (κ1) is 29.4. The van der Waals surface area contributed by atoms with Crippen molar-refractivity contribution in [3.8, 4) is 11.4 Å². The monoisotopic (exact) mass is 605 g/mol. The van der Waals surface area contributed by atoms with E-state index < -0.39 is 11.7 Å². The highest BCUT2D eigenvalue weighted by molar-refractivity contribution is 5.76. The summed E-state index contributed by atoms with van der Waals surface area (Å²) in [6.45, 7) is 5.79. The summed E-state index contributed by atoms with van der Waals surface area (Å²) in [5.41, 5.74) is 2.81. The van der Waals surface area contributed by atoms with E-state index in [4.69, 9.17) is 4.98 Å². The summed E-state index contributed by atoms with van der Waals surface area (Å²) in [6.07, 6.45) is 6.00. The van der Waals surface area contributed by atoms with E-state index in [9.17, 15) is 18.0 Å². The van der Waals surface area contributed by atoms with Gasteiger partial charge in [-0.1, -0.05) is 24.6 Å². The number of alkyl halides is 3. The van der Waals surface area contributed by atoms with E-state index >= 15 is 0 Å². The number of imidazole rings is 1. The minimum Gasteiger partial charge on any atom is -0.371 e. The molecule has 4 aliphatic rings. The van der Waals surface area contributed by atoms with E-state index in [2.05, 4.69) is 50.1 Å². The first-order valence-electron chi connectivity index (χ1n) is 16.2. The fraction of sp³-hybridized carbons (Fsp3) is 0.543. The third-order valence-corrected chi connectivity index (χ3v) is 11.2. The Morgan fingerprint density at radius 1 is 1.05 bits per heavy atom. The van der Waals surface area contributed by atoms with E-state index in [1.807, 2.05) is 6.20 Å². The minimum absolute atomic E-state index is 0.0565. The molecule has 3 aliphatic heterocycles.